The second kappa shape index (κ2) is 7.72. The van der Waals surface area contributed by atoms with Crippen LogP contribution < -0.4 is 0 Å². The first-order valence-electron chi connectivity index (χ1n) is 9.41. The Hall–Kier alpha value is -3.52. The molecule has 0 spiro atoms. The SMILES string of the molecule is COCCN1C(=O)C(=O)C(=C(O)c2c(C)nc3ccccn23)C1c1ccc(F)cc1. The molecule has 1 saturated heterocycles. The lowest BCUT2D eigenvalue weighted by Gasteiger charge is -2.25. The lowest BCUT2D eigenvalue weighted by Crippen LogP contribution is -2.32. The summed E-state index contributed by atoms with van der Waals surface area (Å²) in [5.41, 5.74) is 1.90. The number of carbonyl (C=O) groups is 2. The summed E-state index contributed by atoms with van der Waals surface area (Å²) >= 11 is 0. The van der Waals surface area contributed by atoms with Crippen LogP contribution in [0.25, 0.3) is 11.4 Å². The molecule has 4 rings (SSSR count). The monoisotopic (exact) mass is 409 g/mol. The van der Waals surface area contributed by atoms with Crippen LogP contribution in [-0.4, -0.2) is 51.3 Å². The fourth-order valence-corrected chi connectivity index (χ4v) is 3.82. The van der Waals surface area contributed by atoms with Gasteiger partial charge in [0.2, 0.25) is 0 Å². The topological polar surface area (TPSA) is 84.1 Å². The van der Waals surface area contributed by atoms with Crippen LogP contribution in [0.3, 0.4) is 0 Å². The smallest absolute Gasteiger partial charge is 0.295 e. The fraction of sp³-hybridized carbons (Fsp3) is 0.227. The van der Waals surface area contributed by atoms with Crippen LogP contribution in [-0.2, 0) is 14.3 Å². The Bertz CT molecular complexity index is 1170. The molecule has 3 heterocycles. The predicted molar refractivity (Wildman–Crippen MR) is 107 cm³/mol. The maximum Gasteiger partial charge on any atom is 0.295 e. The van der Waals surface area contributed by atoms with E-state index in [2.05, 4.69) is 4.98 Å². The van der Waals surface area contributed by atoms with E-state index in [1.807, 2.05) is 6.07 Å². The van der Waals surface area contributed by atoms with Crippen LogP contribution in [0, 0.1) is 12.7 Å². The van der Waals surface area contributed by atoms with Gasteiger partial charge in [0.05, 0.1) is 23.9 Å². The zero-order valence-electron chi connectivity index (χ0n) is 16.5. The number of amides is 1. The zero-order chi connectivity index (χ0) is 21.4. The Kier molecular flexibility index (Phi) is 5.09. The van der Waals surface area contributed by atoms with Gasteiger partial charge in [-0.3, -0.25) is 14.0 Å². The molecule has 1 aliphatic rings. The van der Waals surface area contributed by atoms with E-state index in [4.69, 9.17) is 4.74 Å². The first-order valence-corrected chi connectivity index (χ1v) is 9.41. The van der Waals surface area contributed by atoms with Gasteiger partial charge >= 0.3 is 0 Å². The minimum absolute atomic E-state index is 0.0588. The predicted octanol–water partition coefficient (Wildman–Crippen LogP) is 2.85. The van der Waals surface area contributed by atoms with Gasteiger partial charge in [-0.25, -0.2) is 9.37 Å². The van der Waals surface area contributed by atoms with E-state index in [1.165, 1.54) is 36.3 Å². The lowest BCUT2D eigenvalue weighted by molar-refractivity contribution is -0.140. The number of imidazole rings is 1. The summed E-state index contributed by atoms with van der Waals surface area (Å²) in [6, 6.07) is 10.0. The number of fused-ring (bicyclic) bond motifs is 1. The largest absolute Gasteiger partial charge is 0.505 e. The van der Waals surface area contributed by atoms with Gasteiger partial charge in [-0.1, -0.05) is 18.2 Å². The maximum absolute atomic E-state index is 13.5. The van der Waals surface area contributed by atoms with E-state index in [-0.39, 0.29) is 24.5 Å². The third-order valence-electron chi connectivity index (χ3n) is 5.19. The molecule has 7 nitrogen and oxygen atoms in total. The van der Waals surface area contributed by atoms with Crippen molar-refractivity contribution >= 4 is 23.1 Å². The van der Waals surface area contributed by atoms with E-state index >= 15 is 0 Å². The van der Waals surface area contributed by atoms with Gasteiger partial charge in [0.25, 0.3) is 11.7 Å². The van der Waals surface area contributed by atoms with Crippen molar-refractivity contribution in [2.24, 2.45) is 0 Å². The number of aliphatic hydroxyl groups excluding tert-OH is 1. The van der Waals surface area contributed by atoms with E-state index in [0.29, 0.717) is 22.6 Å². The van der Waals surface area contributed by atoms with Crippen LogP contribution in [0.5, 0.6) is 0 Å². The first kappa shape index (κ1) is 19.8. The summed E-state index contributed by atoms with van der Waals surface area (Å²) in [6.45, 7) is 2.07. The lowest BCUT2D eigenvalue weighted by atomic mass is 9.96. The normalized spacial score (nSPS) is 18.5. The number of Topliss-reactive ketones (excluding diaryl/α,β-unsaturated/α-hetero) is 1. The number of nitrogens with zero attached hydrogens (tertiary/aromatic N) is 3. The number of aromatic nitrogens is 2. The minimum atomic E-state index is -0.866. The summed E-state index contributed by atoms with van der Waals surface area (Å²) in [7, 11) is 1.49. The highest BCUT2D eigenvalue weighted by Crippen LogP contribution is 2.39. The third-order valence-corrected chi connectivity index (χ3v) is 5.19. The summed E-state index contributed by atoms with van der Waals surface area (Å²) in [5, 5.41) is 11.2. The number of ketones is 1. The van der Waals surface area contributed by atoms with Gasteiger partial charge in [0, 0.05) is 19.9 Å². The van der Waals surface area contributed by atoms with Crippen LogP contribution in [0.15, 0.2) is 54.2 Å². The van der Waals surface area contributed by atoms with Gasteiger partial charge in [-0.05, 0) is 36.8 Å². The average molecular weight is 409 g/mol. The van der Waals surface area contributed by atoms with Crippen molar-refractivity contribution in [1.82, 2.24) is 14.3 Å². The molecule has 1 atom stereocenters. The van der Waals surface area contributed by atoms with Crippen molar-refractivity contribution in [3.8, 4) is 0 Å². The molecular formula is C22H20FN3O4. The van der Waals surface area contributed by atoms with Gasteiger partial charge in [0.15, 0.2) is 5.76 Å². The number of rotatable bonds is 5. The number of aliphatic hydroxyl groups is 1. The molecule has 1 fully saturated rings. The highest BCUT2D eigenvalue weighted by atomic mass is 19.1. The summed E-state index contributed by atoms with van der Waals surface area (Å²) in [6.07, 6.45) is 1.72. The van der Waals surface area contributed by atoms with Gasteiger partial charge in [-0.2, -0.15) is 0 Å². The van der Waals surface area contributed by atoms with Crippen LogP contribution in [0.4, 0.5) is 4.39 Å². The molecule has 2 aromatic heterocycles. The van der Waals surface area contributed by atoms with Gasteiger partial charge < -0.3 is 14.7 Å². The van der Waals surface area contributed by atoms with E-state index in [0.717, 1.165) is 0 Å². The van der Waals surface area contributed by atoms with E-state index < -0.39 is 23.5 Å². The molecule has 1 aliphatic heterocycles. The zero-order valence-corrected chi connectivity index (χ0v) is 16.5. The van der Waals surface area contributed by atoms with Crippen LogP contribution in [0.1, 0.15) is 23.0 Å². The molecule has 1 unspecified atom stereocenters. The Morgan fingerprint density at radius 2 is 1.93 bits per heavy atom. The highest BCUT2D eigenvalue weighted by Gasteiger charge is 2.46. The molecule has 154 valence electrons. The standard InChI is InChI=1S/C22H20FN3O4/c1-13-18(25-10-4-3-5-16(25)24-13)20(27)17-19(14-6-8-15(23)9-7-14)26(11-12-30-2)22(29)21(17)28/h3-10,19,27H,11-12H2,1-2H3. The summed E-state index contributed by atoms with van der Waals surface area (Å²) < 4.78 is 20.2. The number of carbonyl (C=O) groups excluding carboxylic acids is 2. The molecule has 1 N–H and O–H groups in total. The van der Waals surface area contributed by atoms with E-state index in [1.54, 1.807) is 29.7 Å². The Morgan fingerprint density at radius 3 is 2.63 bits per heavy atom. The number of aryl methyl sites for hydroxylation is 1. The van der Waals surface area contributed by atoms with Crippen molar-refractivity contribution in [3.05, 3.63) is 77.0 Å². The van der Waals surface area contributed by atoms with Gasteiger partial charge in [-0.15, -0.1) is 0 Å². The second-order valence-corrected chi connectivity index (χ2v) is 7.01. The molecule has 0 radical (unpaired) electrons. The average Bonchev–Trinajstić information content (AvgIpc) is 3.20. The van der Waals surface area contributed by atoms with Gasteiger partial charge in [0.1, 0.15) is 17.2 Å². The summed E-state index contributed by atoms with van der Waals surface area (Å²) in [5.74, 6) is -2.30. The quantitative estimate of drug-likeness (QED) is 0.398. The highest BCUT2D eigenvalue weighted by molar-refractivity contribution is 6.46. The van der Waals surface area contributed by atoms with Crippen molar-refractivity contribution in [2.45, 2.75) is 13.0 Å². The number of methoxy groups -OCH3 is 1. The van der Waals surface area contributed by atoms with Crippen molar-refractivity contribution in [1.29, 1.82) is 0 Å². The van der Waals surface area contributed by atoms with E-state index in [9.17, 15) is 19.1 Å². The summed E-state index contributed by atoms with van der Waals surface area (Å²) in [4.78, 5) is 31.5. The molecule has 30 heavy (non-hydrogen) atoms. The molecule has 3 aromatic rings. The number of likely N-dealkylation sites (tertiary alicyclic amines) is 1. The number of hydrogen-bond donors (Lipinski definition) is 1. The van der Waals surface area contributed by atoms with Crippen molar-refractivity contribution in [2.75, 3.05) is 20.3 Å². The molecule has 0 bridgehead atoms. The van der Waals surface area contributed by atoms with Crippen LogP contribution in [0.2, 0.25) is 0 Å². The number of hydrogen-bond acceptors (Lipinski definition) is 5. The van der Waals surface area contributed by atoms with Crippen molar-refractivity contribution < 1.29 is 23.8 Å². The van der Waals surface area contributed by atoms with Crippen LogP contribution >= 0.6 is 0 Å². The molecule has 0 saturated carbocycles. The number of ether oxygens (including phenoxy) is 1. The molecular weight excluding hydrogens is 389 g/mol. The molecule has 1 amide bonds. The fourth-order valence-electron chi connectivity index (χ4n) is 3.82. The minimum Gasteiger partial charge on any atom is -0.505 e. The molecule has 8 heteroatoms. The third kappa shape index (κ3) is 3.15. The van der Waals surface area contributed by atoms with Crippen molar-refractivity contribution in [3.63, 3.8) is 0 Å². The number of halogens is 1. The number of benzene rings is 1. The second-order valence-electron chi connectivity index (χ2n) is 7.01. The Labute approximate surface area is 172 Å². The maximum atomic E-state index is 13.5. The Balaban J connectivity index is 1.94. The molecule has 1 aromatic carbocycles. The number of pyridine rings is 1. The first-order chi connectivity index (χ1) is 14.4. The Morgan fingerprint density at radius 1 is 1.20 bits per heavy atom. The molecule has 0 aliphatic carbocycles.